The van der Waals surface area contributed by atoms with Crippen molar-refractivity contribution in [3.8, 4) is 0 Å². The van der Waals surface area contributed by atoms with E-state index in [0.717, 1.165) is 13.1 Å². The molecular formula is C6H11N2O2Pt-. The Morgan fingerprint density at radius 2 is 2.45 bits per heavy atom. The fourth-order valence-electron chi connectivity index (χ4n) is 0.903. The smallest absolute Gasteiger partial charge is 0.321 e. The molecule has 1 saturated heterocycles. The van der Waals surface area contributed by atoms with Gasteiger partial charge in [0.15, 0.2) is 0 Å². The molecule has 0 bridgehead atoms. The molecular weight excluding hydrogens is 327 g/mol. The minimum atomic E-state index is -0.219. The van der Waals surface area contributed by atoms with Gasteiger partial charge < -0.3 is 15.4 Å². The van der Waals surface area contributed by atoms with E-state index in [1.165, 1.54) is 7.11 Å². The van der Waals surface area contributed by atoms with Crippen LogP contribution in [-0.4, -0.2) is 38.8 Å². The van der Waals surface area contributed by atoms with E-state index >= 15 is 0 Å². The number of ether oxygens (including phenoxy) is 1. The van der Waals surface area contributed by atoms with Gasteiger partial charge in [-0.1, -0.05) is 0 Å². The number of carbonyl (C=O) groups excluding carboxylic acids is 1. The van der Waals surface area contributed by atoms with Crippen LogP contribution in [0.1, 0.15) is 0 Å². The summed E-state index contributed by atoms with van der Waals surface area (Å²) in [5, 5.41) is 7.07. The molecule has 1 aliphatic heterocycles. The van der Waals surface area contributed by atoms with Crippen molar-refractivity contribution >= 4 is 5.97 Å². The summed E-state index contributed by atoms with van der Waals surface area (Å²) in [7, 11) is 1.39. The summed E-state index contributed by atoms with van der Waals surface area (Å²) >= 11 is 0. The number of hydrogen-bond donors (Lipinski definition) is 1. The van der Waals surface area contributed by atoms with Crippen LogP contribution in [0.25, 0.3) is 5.32 Å². The monoisotopic (exact) mass is 338 g/mol. The fourth-order valence-corrected chi connectivity index (χ4v) is 0.903. The molecule has 5 heteroatoms. The van der Waals surface area contributed by atoms with Crippen molar-refractivity contribution in [2.75, 3.05) is 26.7 Å². The molecule has 0 radical (unpaired) electrons. The number of esters is 1. The maximum atomic E-state index is 10.8. The van der Waals surface area contributed by atoms with Crippen LogP contribution in [0.15, 0.2) is 0 Å². The first-order valence-corrected chi connectivity index (χ1v) is 3.29. The molecule has 68 valence electrons. The first kappa shape index (κ1) is 11.1. The Balaban J connectivity index is 0.000001000. The van der Waals surface area contributed by atoms with Gasteiger partial charge >= 0.3 is 5.97 Å². The largest absolute Gasteiger partial charge is 0.660 e. The van der Waals surface area contributed by atoms with E-state index in [1.54, 1.807) is 0 Å². The molecule has 4 nitrogen and oxygen atoms in total. The number of piperazine rings is 1. The van der Waals surface area contributed by atoms with Gasteiger partial charge in [-0.05, 0) is 6.54 Å². The zero-order valence-corrected chi connectivity index (χ0v) is 8.55. The molecule has 0 aliphatic carbocycles. The Hall–Kier alpha value is 0.0783. The van der Waals surface area contributed by atoms with Gasteiger partial charge in [0.05, 0.1) is 13.2 Å². The van der Waals surface area contributed by atoms with Crippen molar-refractivity contribution in [1.29, 1.82) is 0 Å². The predicted molar refractivity (Wildman–Crippen MR) is 36.9 cm³/mol. The summed E-state index contributed by atoms with van der Waals surface area (Å²) in [6.07, 6.45) is 0. The molecule has 1 rings (SSSR count). The van der Waals surface area contributed by atoms with Crippen LogP contribution in [0.2, 0.25) is 0 Å². The minimum Gasteiger partial charge on any atom is -0.660 e. The Bertz CT molecular complexity index is 126. The number of nitrogens with zero attached hydrogens (tertiary/aromatic N) is 1. The van der Waals surface area contributed by atoms with E-state index in [2.05, 4.69) is 15.4 Å². The summed E-state index contributed by atoms with van der Waals surface area (Å²) in [5.74, 6) is -0.219. The van der Waals surface area contributed by atoms with Crippen molar-refractivity contribution in [2.24, 2.45) is 0 Å². The number of carbonyl (C=O) groups is 1. The van der Waals surface area contributed by atoms with Gasteiger partial charge in [-0.3, -0.25) is 4.79 Å². The van der Waals surface area contributed by atoms with Crippen LogP contribution in [0.3, 0.4) is 0 Å². The fraction of sp³-hybridized carbons (Fsp3) is 0.833. The SMILES string of the molecule is COC(=O)C1C[N-]CCN1.[Pt]. The molecule has 0 aromatic carbocycles. The van der Waals surface area contributed by atoms with E-state index in [1.807, 2.05) is 0 Å². The average molecular weight is 338 g/mol. The molecule has 0 aromatic heterocycles. The summed E-state index contributed by atoms with van der Waals surface area (Å²) in [4.78, 5) is 10.8. The number of methoxy groups -OCH3 is 1. The first-order chi connectivity index (χ1) is 4.84. The second kappa shape index (κ2) is 5.69. The Morgan fingerprint density at radius 1 is 1.73 bits per heavy atom. The molecule has 0 amide bonds. The van der Waals surface area contributed by atoms with Crippen molar-refractivity contribution < 1.29 is 30.6 Å². The Kier molecular flexibility index (Phi) is 5.73. The second-order valence-electron chi connectivity index (χ2n) is 2.16. The summed E-state index contributed by atoms with van der Waals surface area (Å²) < 4.78 is 4.53. The molecule has 1 unspecified atom stereocenters. The van der Waals surface area contributed by atoms with Gasteiger partial charge in [0.1, 0.15) is 0 Å². The zero-order chi connectivity index (χ0) is 7.40. The van der Waals surface area contributed by atoms with Gasteiger partial charge in [-0.25, -0.2) is 0 Å². The molecule has 0 aromatic rings. The van der Waals surface area contributed by atoms with Crippen LogP contribution in [0.5, 0.6) is 0 Å². The summed E-state index contributed by atoms with van der Waals surface area (Å²) in [6, 6.07) is -0.209. The van der Waals surface area contributed by atoms with Crippen molar-refractivity contribution in [3.63, 3.8) is 0 Å². The van der Waals surface area contributed by atoms with Crippen LogP contribution in [-0.2, 0) is 30.6 Å². The van der Waals surface area contributed by atoms with Gasteiger partial charge in [-0.2, -0.15) is 0 Å². The topological polar surface area (TPSA) is 52.4 Å². The second-order valence-corrected chi connectivity index (χ2v) is 2.16. The third kappa shape index (κ3) is 3.32. The Labute approximate surface area is 80.3 Å². The van der Waals surface area contributed by atoms with Crippen molar-refractivity contribution in [2.45, 2.75) is 6.04 Å². The van der Waals surface area contributed by atoms with Crippen LogP contribution in [0.4, 0.5) is 0 Å². The van der Waals surface area contributed by atoms with Gasteiger partial charge in [-0.15, -0.1) is 13.1 Å². The number of hydrogen-bond acceptors (Lipinski definition) is 3. The normalized spacial score (nSPS) is 23.5. The minimum absolute atomic E-state index is 0. The van der Waals surface area contributed by atoms with Gasteiger partial charge in [0.2, 0.25) is 0 Å². The van der Waals surface area contributed by atoms with E-state index in [-0.39, 0.29) is 33.1 Å². The first-order valence-electron chi connectivity index (χ1n) is 3.29. The van der Waals surface area contributed by atoms with E-state index in [9.17, 15) is 4.79 Å². The van der Waals surface area contributed by atoms with Crippen LogP contribution < -0.4 is 5.32 Å². The van der Waals surface area contributed by atoms with Gasteiger partial charge in [0.25, 0.3) is 0 Å². The van der Waals surface area contributed by atoms with Crippen LogP contribution >= 0.6 is 0 Å². The third-order valence-electron chi connectivity index (χ3n) is 1.46. The molecule has 1 N–H and O–H groups in total. The standard InChI is InChI=1S/C6H11N2O2.Pt/c1-10-6(9)5-4-7-2-3-8-5;/h5,8H,2-4H2,1H3;/q-1;. The quantitative estimate of drug-likeness (QED) is 0.656. The Morgan fingerprint density at radius 3 is 2.91 bits per heavy atom. The molecule has 0 saturated carbocycles. The van der Waals surface area contributed by atoms with Gasteiger partial charge in [0, 0.05) is 21.1 Å². The number of rotatable bonds is 1. The predicted octanol–water partition coefficient (Wildman–Crippen LogP) is -0.498. The van der Waals surface area contributed by atoms with E-state index in [4.69, 9.17) is 0 Å². The summed E-state index contributed by atoms with van der Waals surface area (Å²) in [6.45, 7) is 2.12. The summed E-state index contributed by atoms with van der Waals surface area (Å²) in [5.41, 5.74) is 0. The molecule has 1 heterocycles. The molecule has 0 spiro atoms. The van der Waals surface area contributed by atoms with Crippen LogP contribution in [0, 0.1) is 0 Å². The zero-order valence-electron chi connectivity index (χ0n) is 6.28. The molecule has 1 fully saturated rings. The average Bonchev–Trinajstić information content (AvgIpc) is 2.05. The third-order valence-corrected chi connectivity index (χ3v) is 1.46. The van der Waals surface area contributed by atoms with Crippen molar-refractivity contribution in [3.05, 3.63) is 5.32 Å². The van der Waals surface area contributed by atoms with E-state index < -0.39 is 0 Å². The number of nitrogens with one attached hydrogen (secondary N) is 1. The van der Waals surface area contributed by atoms with Crippen molar-refractivity contribution in [1.82, 2.24) is 5.32 Å². The maximum absolute atomic E-state index is 10.8. The van der Waals surface area contributed by atoms with E-state index in [0.29, 0.717) is 6.54 Å². The molecule has 1 atom stereocenters. The molecule has 1 aliphatic rings. The molecule has 11 heavy (non-hydrogen) atoms. The maximum Gasteiger partial charge on any atom is 0.321 e.